The lowest BCUT2D eigenvalue weighted by Crippen LogP contribution is -1.73. The Kier molecular flexibility index (Phi) is 1.59. The fraction of sp³-hybridized carbons (Fsp3) is 0.429. The van der Waals surface area contributed by atoms with E-state index in [2.05, 4.69) is 28.2 Å². The minimum absolute atomic E-state index is 0.396. The third-order valence-corrected chi connectivity index (χ3v) is 4.06. The van der Waals surface area contributed by atoms with Crippen LogP contribution in [0.1, 0.15) is 16.5 Å². The summed E-state index contributed by atoms with van der Waals surface area (Å²) in [5.74, 6) is 0. The van der Waals surface area contributed by atoms with Crippen LogP contribution >= 0.6 is 27.3 Å². The van der Waals surface area contributed by atoms with E-state index in [1.54, 1.807) is 11.3 Å². The predicted octanol–water partition coefficient (Wildman–Crippen LogP) is 2.89. The highest BCUT2D eigenvalue weighted by atomic mass is 79.9. The molecular weight excluding hydrogens is 212 g/mol. The van der Waals surface area contributed by atoms with Crippen molar-refractivity contribution in [2.75, 3.05) is 6.61 Å². The molecule has 1 aliphatic rings. The van der Waals surface area contributed by atoms with Gasteiger partial charge >= 0.3 is 0 Å². The molecule has 3 heteroatoms. The summed E-state index contributed by atoms with van der Waals surface area (Å²) in [6, 6.07) is 0. The van der Waals surface area contributed by atoms with Crippen LogP contribution in [-0.2, 0) is 4.74 Å². The van der Waals surface area contributed by atoms with Crippen molar-refractivity contribution in [2.45, 2.75) is 13.0 Å². The molecule has 1 aliphatic heterocycles. The van der Waals surface area contributed by atoms with Gasteiger partial charge in [0, 0.05) is 4.47 Å². The van der Waals surface area contributed by atoms with E-state index < -0.39 is 0 Å². The molecular formula is C7H7BrOS. The Labute approximate surface area is 72.1 Å². The summed E-state index contributed by atoms with van der Waals surface area (Å²) in [5, 5.41) is 2.15. The van der Waals surface area contributed by atoms with Gasteiger partial charge in [-0.3, -0.25) is 0 Å². The van der Waals surface area contributed by atoms with Crippen molar-refractivity contribution in [3.63, 3.8) is 0 Å². The van der Waals surface area contributed by atoms with Gasteiger partial charge in [-0.25, -0.2) is 0 Å². The minimum Gasteiger partial charge on any atom is -0.367 e. The van der Waals surface area contributed by atoms with Gasteiger partial charge in [-0.15, -0.1) is 11.3 Å². The smallest absolute Gasteiger partial charge is 0.116 e. The highest BCUT2D eigenvalue weighted by molar-refractivity contribution is 9.10. The molecule has 0 bridgehead atoms. The lowest BCUT2D eigenvalue weighted by Gasteiger charge is -1.89. The van der Waals surface area contributed by atoms with E-state index in [4.69, 9.17) is 4.74 Å². The first-order valence-corrected chi connectivity index (χ1v) is 4.81. The van der Waals surface area contributed by atoms with Gasteiger partial charge in [-0.2, -0.15) is 0 Å². The number of halogens is 1. The molecule has 0 amide bonds. The number of hydrogen-bond acceptors (Lipinski definition) is 2. The number of ether oxygens (including phenoxy) is 1. The number of rotatable bonds is 1. The molecule has 0 spiro atoms. The second-order valence-corrected chi connectivity index (χ2v) is 4.12. The SMILES string of the molecule is Cc1csc(C2CO2)c1Br. The molecule has 0 radical (unpaired) electrons. The Hall–Kier alpha value is 0.140. The van der Waals surface area contributed by atoms with Crippen LogP contribution in [-0.4, -0.2) is 6.61 Å². The van der Waals surface area contributed by atoms with Gasteiger partial charge in [0.1, 0.15) is 6.10 Å². The van der Waals surface area contributed by atoms with Gasteiger partial charge in [0.25, 0.3) is 0 Å². The van der Waals surface area contributed by atoms with Crippen LogP contribution in [0.4, 0.5) is 0 Å². The van der Waals surface area contributed by atoms with Crippen molar-refractivity contribution in [1.29, 1.82) is 0 Å². The first kappa shape index (κ1) is 6.83. The first-order valence-electron chi connectivity index (χ1n) is 3.14. The van der Waals surface area contributed by atoms with Crippen LogP contribution < -0.4 is 0 Å². The molecule has 0 aromatic carbocycles. The van der Waals surface area contributed by atoms with Crippen molar-refractivity contribution < 1.29 is 4.74 Å². The Morgan fingerprint density at radius 1 is 1.80 bits per heavy atom. The summed E-state index contributed by atoms with van der Waals surface area (Å²) in [6.07, 6.45) is 0.396. The molecule has 1 nitrogen and oxygen atoms in total. The molecule has 1 saturated heterocycles. The number of thiophene rings is 1. The summed E-state index contributed by atoms with van der Waals surface area (Å²) in [5.41, 5.74) is 1.32. The molecule has 0 saturated carbocycles. The van der Waals surface area contributed by atoms with Gasteiger partial charge in [0.15, 0.2) is 0 Å². The Morgan fingerprint density at radius 2 is 2.50 bits per heavy atom. The molecule has 1 aromatic rings. The third kappa shape index (κ3) is 1.02. The molecule has 2 rings (SSSR count). The molecule has 1 unspecified atom stereocenters. The normalized spacial score (nSPS) is 23.2. The van der Waals surface area contributed by atoms with Crippen molar-refractivity contribution in [3.8, 4) is 0 Å². The van der Waals surface area contributed by atoms with Gasteiger partial charge < -0.3 is 4.74 Å². The van der Waals surface area contributed by atoms with E-state index in [9.17, 15) is 0 Å². The summed E-state index contributed by atoms with van der Waals surface area (Å²) in [6.45, 7) is 3.00. The summed E-state index contributed by atoms with van der Waals surface area (Å²) in [4.78, 5) is 1.34. The van der Waals surface area contributed by atoms with Crippen LogP contribution in [0, 0.1) is 6.92 Å². The zero-order chi connectivity index (χ0) is 7.14. The maximum atomic E-state index is 5.17. The fourth-order valence-corrected chi connectivity index (χ4v) is 2.64. The second kappa shape index (κ2) is 2.32. The summed E-state index contributed by atoms with van der Waals surface area (Å²) in [7, 11) is 0. The Balaban J connectivity index is 2.40. The Morgan fingerprint density at radius 3 is 2.90 bits per heavy atom. The van der Waals surface area contributed by atoms with E-state index in [0.29, 0.717) is 6.10 Å². The lowest BCUT2D eigenvalue weighted by molar-refractivity contribution is 0.418. The van der Waals surface area contributed by atoms with E-state index in [1.807, 2.05) is 0 Å². The van der Waals surface area contributed by atoms with Gasteiger partial charge in [-0.05, 0) is 33.8 Å². The van der Waals surface area contributed by atoms with E-state index >= 15 is 0 Å². The highest BCUT2D eigenvalue weighted by Crippen LogP contribution is 2.40. The van der Waals surface area contributed by atoms with E-state index in [1.165, 1.54) is 14.9 Å². The Bertz CT molecular complexity index is 252. The average Bonchev–Trinajstić information content (AvgIpc) is 2.67. The van der Waals surface area contributed by atoms with Crippen molar-refractivity contribution in [3.05, 3.63) is 20.3 Å². The van der Waals surface area contributed by atoms with Crippen molar-refractivity contribution >= 4 is 27.3 Å². The molecule has 0 aliphatic carbocycles. The van der Waals surface area contributed by atoms with Gasteiger partial charge in [-0.1, -0.05) is 0 Å². The van der Waals surface area contributed by atoms with Crippen molar-refractivity contribution in [1.82, 2.24) is 0 Å². The van der Waals surface area contributed by atoms with Crippen LogP contribution in [0.15, 0.2) is 9.85 Å². The minimum atomic E-state index is 0.396. The third-order valence-electron chi connectivity index (χ3n) is 1.55. The monoisotopic (exact) mass is 218 g/mol. The first-order chi connectivity index (χ1) is 4.79. The summed E-state index contributed by atoms with van der Waals surface area (Å²) >= 11 is 5.30. The van der Waals surface area contributed by atoms with Crippen LogP contribution in [0.2, 0.25) is 0 Å². The zero-order valence-electron chi connectivity index (χ0n) is 5.56. The van der Waals surface area contributed by atoms with Gasteiger partial charge in [0.05, 0.1) is 11.5 Å². The lowest BCUT2D eigenvalue weighted by atomic mass is 10.3. The predicted molar refractivity (Wildman–Crippen MR) is 45.4 cm³/mol. The summed E-state index contributed by atoms with van der Waals surface area (Å²) < 4.78 is 6.41. The zero-order valence-corrected chi connectivity index (χ0v) is 7.96. The largest absolute Gasteiger partial charge is 0.367 e. The van der Waals surface area contributed by atoms with Crippen LogP contribution in [0.5, 0.6) is 0 Å². The van der Waals surface area contributed by atoms with Gasteiger partial charge in [0.2, 0.25) is 0 Å². The average molecular weight is 219 g/mol. The topological polar surface area (TPSA) is 12.5 Å². The number of epoxide rings is 1. The molecule has 1 fully saturated rings. The van der Waals surface area contributed by atoms with E-state index in [0.717, 1.165) is 6.61 Å². The molecule has 1 atom stereocenters. The molecule has 0 N–H and O–H groups in total. The number of aryl methyl sites for hydroxylation is 1. The maximum absolute atomic E-state index is 5.17. The van der Waals surface area contributed by atoms with Crippen LogP contribution in [0.3, 0.4) is 0 Å². The second-order valence-electron chi connectivity index (χ2n) is 2.42. The quantitative estimate of drug-likeness (QED) is 0.661. The number of hydrogen-bond donors (Lipinski definition) is 0. The molecule has 54 valence electrons. The molecule has 10 heavy (non-hydrogen) atoms. The highest BCUT2D eigenvalue weighted by Gasteiger charge is 2.28. The van der Waals surface area contributed by atoms with Crippen LogP contribution in [0.25, 0.3) is 0 Å². The fourth-order valence-electron chi connectivity index (χ4n) is 0.866. The maximum Gasteiger partial charge on any atom is 0.116 e. The van der Waals surface area contributed by atoms with Crippen molar-refractivity contribution in [2.24, 2.45) is 0 Å². The molecule has 2 heterocycles. The van der Waals surface area contributed by atoms with E-state index in [-0.39, 0.29) is 0 Å². The molecule has 1 aromatic heterocycles. The standard InChI is InChI=1S/C7H7BrOS/c1-4-3-10-7(6(4)8)5-2-9-5/h3,5H,2H2,1H3.